The Balaban J connectivity index is 1.65. The lowest BCUT2D eigenvalue weighted by molar-refractivity contribution is 0.530. The van der Waals surface area contributed by atoms with Gasteiger partial charge in [-0.2, -0.15) is 0 Å². The van der Waals surface area contributed by atoms with Gasteiger partial charge in [0.25, 0.3) is 0 Å². The van der Waals surface area contributed by atoms with Crippen LogP contribution in [0.2, 0.25) is 0 Å². The molecule has 0 bridgehead atoms. The van der Waals surface area contributed by atoms with Gasteiger partial charge in [-0.1, -0.05) is 29.5 Å². The molecule has 0 aliphatic heterocycles. The molecule has 17 heavy (non-hydrogen) atoms. The van der Waals surface area contributed by atoms with Crippen LogP contribution in [0.4, 0.5) is 0 Å². The Morgan fingerprint density at radius 2 is 2.18 bits per heavy atom. The van der Waals surface area contributed by atoms with Crippen molar-refractivity contribution in [2.24, 2.45) is 0 Å². The van der Waals surface area contributed by atoms with E-state index in [2.05, 4.69) is 46.8 Å². The maximum absolute atomic E-state index is 3.93. The zero-order valence-electron chi connectivity index (χ0n) is 10.1. The molecule has 1 aromatic carbocycles. The summed E-state index contributed by atoms with van der Waals surface area (Å²) in [4.78, 5) is 0. The lowest BCUT2D eigenvalue weighted by atomic mass is 10.1. The summed E-state index contributed by atoms with van der Waals surface area (Å²) in [6, 6.07) is 8.47. The van der Waals surface area contributed by atoms with Gasteiger partial charge in [-0.3, -0.25) is 4.68 Å². The molecular formula is C13H18N4. The molecule has 0 aliphatic carbocycles. The summed E-state index contributed by atoms with van der Waals surface area (Å²) in [7, 11) is 0. The maximum atomic E-state index is 3.93. The van der Waals surface area contributed by atoms with Crippen LogP contribution in [0.5, 0.6) is 0 Å². The summed E-state index contributed by atoms with van der Waals surface area (Å²) in [6.45, 7) is 4.99. The summed E-state index contributed by atoms with van der Waals surface area (Å²) in [5.41, 5.74) is 2.71. The molecule has 0 fully saturated rings. The Morgan fingerprint density at radius 1 is 1.29 bits per heavy atom. The van der Waals surface area contributed by atoms with E-state index in [1.807, 2.05) is 10.9 Å². The second-order valence-corrected chi connectivity index (χ2v) is 4.12. The van der Waals surface area contributed by atoms with E-state index in [1.165, 1.54) is 11.1 Å². The third-order valence-corrected chi connectivity index (χ3v) is 2.79. The van der Waals surface area contributed by atoms with Gasteiger partial charge in [0.2, 0.25) is 0 Å². The van der Waals surface area contributed by atoms with Gasteiger partial charge < -0.3 is 5.32 Å². The van der Waals surface area contributed by atoms with Crippen LogP contribution in [0, 0.1) is 6.92 Å². The summed E-state index contributed by atoms with van der Waals surface area (Å²) in [5.74, 6) is 0. The quantitative estimate of drug-likeness (QED) is 0.769. The van der Waals surface area contributed by atoms with Crippen molar-refractivity contribution in [3.8, 4) is 0 Å². The van der Waals surface area contributed by atoms with E-state index in [1.54, 1.807) is 6.20 Å². The van der Waals surface area contributed by atoms with E-state index in [0.717, 1.165) is 26.1 Å². The smallest absolute Gasteiger partial charge is 0.0692 e. The molecule has 0 radical (unpaired) electrons. The first kappa shape index (κ1) is 11.8. The largest absolute Gasteiger partial charge is 0.313 e. The summed E-state index contributed by atoms with van der Waals surface area (Å²) in [6.07, 6.45) is 4.66. The number of aromatic nitrogens is 3. The standard InChI is InChI=1S/C13H18N4/c1-12-5-2-3-6-13(12)11-14-7-4-9-17-10-8-15-16-17/h2-3,5-6,8,10,14H,4,7,9,11H2,1H3. The van der Waals surface area contributed by atoms with Crippen molar-refractivity contribution in [3.05, 3.63) is 47.8 Å². The Labute approximate surface area is 102 Å². The van der Waals surface area contributed by atoms with Crippen LogP contribution in [-0.4, -0.2) is 21.5 Å². The van der Waals surface area contributed by atoms with Gasteiger partial charge in [0.1, 0.15) is 0 Å². The minimum absolute atomic E-state index is 0.917. The molecule has 1 aromatic heterocycles. The van der Waals surface area contributed by atoms with Crippen molar-refractivity contribution in [3.63, 3.8) is 0 Å². The predicted molar refractivity (Wildman–Crippen MR) is 67.5 cm³/mol. The van der Waals surface area contributed by atoms with E-state index in [9.17, 15) is 0 Å². The predicted octanol–water partition coefficient (Wildman–Crippen LogP) is 1.77. The topological polar surface area (TPSA) is 42.7 Å². The van der Waals surface area contributed by atoms with Gasteiger partial charge in [-0.25, -0.2) is 0 Å². The highest BCUT2D eigenvalue weighted by Gasteiger charge is 1.96. The van der Waals surface area contributed by atoms with Crippen LogP contribution < -0.4 is 5.32 Å². The Bertz CT molecular complexity index is 436. The molecule has 0 saturated carbocycles. The molecular weight excluding hydrogens is 212 g/mol. The Morgan fingerprint density at radius 3 is 2.94 bits per heavy atom. The van der Waals surface area contributed by atoms with E-state index in [4.69, 9.17) is 0 Å². The van der Waals surface area contributed by atoms with E-state index >= 15 is 0 Å². The first-order chi connectivity index (χ1) is 8.36. The van der Waals surface area contributed by atoms with Crippen molar-refractivity contribution in [2.75, 3.05) is 6.54 Å². The molecule has 4 heteroatoms. The summed E-state index contributed by atoms with van der Waals surface area (Å²) < 4.78 is 1.86. The van der Waals surface area contributed by atoms with Crippen LogP contribution in [-0.2, 0) is 13.1 Å². The second-order valence-electron chi connectivity index (χ2n) is 4.12. The first-order valence-corrected chi connectivity index (χ1v) is 5.95. The van der Waals surface area contributed by atoms with Crippen molar-refractivity contribution >= 4 is 0 Å². The molecule has 4 nitrogen and oxygen atoms in total. The Kier molecular flexibility index (Phi) is 4.27. The van der Waals surface area contributed by atoms with Gasteiger partial charge >= 0.3 is 0 Å². The first-order valence-electron chi connectivity index (χ1n) is 5.95. The van der Waals surface area contributed by atoms with Gasteiger partial charge in [-0.05, 0) is 31.0 Å². The van der Waals surface area contributed by atoms with Crippen molar-refractivity contribution in [1.82, 2.24) is 20.3 Å². The van der Waals surface area contributed by atoms with Crippen LogP contribution in [0.25, 0.3) is 0 Å². The van der Waals surface area contributed by atoms with Crippen LogP contribution in [0.15, 0.2) is 36.7 Å². The molecule has 0 aliphatic rings. The van der Waals surface area contributed by atoms with Gasteiger partial charge in [0.05, 0.1) is 6.20 Å². The second kappa shape index (κ2) is 6.15. The van der Waals surface area contributed by atoms with Crippen molar-refractivity contribution < 1.29 is 0 Å². The Hall–Kier alpha value is -1.68. The van der Waals surface area contributed by atoms with Crippen LogP contribution in [0.3, 0.4) is 0 Å². The summed E-state index contributed by atoms with van der Waals surface area (Å²) >= 11 is 0. The van der Waals surface area contributed by atoms with E-state index in [-0.39, 0.29) is 0 Å². The molecule has 0 spiro atoms. The molecule has 2 rings (SSSR count). The number of rotatable bonds is 6. The molecule has 90 valence electrons. The molecule has 0 amide bonds. The third-order valence-electron chi connectivity index (χ3n) is 2.79. The highest BCUT2D eigenvalue weighted by molar-refractivity contribution is 5.25. The number of hydrogen-bond acceptors (Lipinski definition) is 3. The summed E-state index contributed by atoms with van der Waals surface area (Å²) in [5, 5.41) is 11.1. The SMILES string of the molecule is Cc1ccccc1CNCCCn1ccnn1. The average molecular weight is 230 g/mol. The van der Waals surface area contributed by atoms with E-state index in [0.29, 0.717) is 0 Å². The minimum Gasteiger partial charge on any atom is -0.313 e. The number of benzene rings is 1. The molecule has 1 heterocycles. The van der Waals surface area contributed by atoms with Crippen LogP contribution in [0.1, 0.15) is 17.5 Å². The maximum Gasteiger partial charge on any atom is 0.0692 e. The van der Waals surface area contributed by atoms with E-state index < -0.39 is 0 Å². The number of nitrogens with zero attached hydrogens (tertiary/aromatic N) is 3. The zero-order valence-corrected chi connectivity index (χ0v) is 10.1. The van der Waals surface area contributed by atoms with Crippen LogP contribution >= 0.6 is 0 Å². The fraction of sp³-hybridized carbons (Fsp3) is 0.385. The third kappa shape index (κ3) is 3.67. The minimum atomic E-state index is 0.917. The monoisotopic (exact) mass is 230 g/mol. The average Bonchev–Trinajstić information content (AvgIpc) is 2.84. The fourth-order valence-corrected chi connectivity index (χ4v) is 1.75. The molecule has 0 atom stereocenters. The number of aryl methyl sites for hydroxylation is 2. The molecule has 0 unspecified atom stereocenters. The lowest BCUT2D eigenvalue weighted by Gasteiger charge is -2.07. The fourth-order valence-electron chi connectivity index (χ4n) is 1.75. The number of hydrogen-bond donors (Lipinski definition) is 1. The van der Waals surface area contributed by atoms with Gasteiger partial charge in [-0.15, -0.1) is 5.10 Å². The lowest BCUT2D eigenvalue weighted by Crippen LogP contribution is -2.17. The molecule has 1 N–H and O–H groups in total. The molecule has 2 aromatic rings. The van der Waals surface area contributed by atoms with Gasteiger partial charge in [0, 0.05) is 19.3 Å². The highest BCUT2D eigenvalue weighted by Crippen LogP contribution is 2.05. The molecule has 0 saturated heterocycles. The normalized spacial score (nSPS) is 10.6. The van der Waals surface area contributed by atoms with Crippen molar-refractivity contribution in [1.29, 1.82) is 0 Å². The van der Waals surface area contributed by atoms with Gasteiger partial charge in [0.15, 0.2) is 0 Å². The number of nitrogens with one attached hydrogen (secondary N) is 1. The zero-order chi connectivity index (χ0) is 11.9. The highest BCUT2D eigenvalue weighted by atomic mass is 15.4. The van der Waals surface area contributed by atoms with Crippen molar-refractivity contribution in [2.45, 2.75) is 26.4 Å².